The van der Waals surface area contributed by atoms with Crippen LogP contribution in [0.5, 0.6) is 0 Å². The summed E-state index contributed by atoms with van der Waals surface area (Å²) in [7, 11) is -3.49. The van der Waals surface area contributed by atoms with Gasteiger partial charge in [0.15, 0.2) is 0 Å². The number of nitrogens with one attached hydrogen (secondary N) is 1. The predicted molar refractivity (Wildman–Crippen MR) is 123 cm³/mol. The quantitative estimate of drug-likeness (QED) is 0.542. The molecular formula is C22H34N6O3S. The summed E-state index contributed by atoms with van der Waals surface area (Å²) in [5.74, 6) is 0.0609. The number of benzene rings is 1. The predicted octanol–water partition coefficient (Wildman–Crippen LogP) is 1.99. The molecule has 1 N–H and O–H groups in total. The Hall–Kier alpha value is -2.04. The fraction of sp³-hybridized carbons (Fsp3) is 0.682. The summed E-state index contributed by atoms with van der Waals surface area (Å²) in [6, 6.07) is 5.01. The van der Waals surface area contributed by atoms with Crippen LogP contribution in [0.2, 0.25) is 0 Å². The molecule has 0 radical (unpaired) electrons. The van der Waals surface area contributed by atoms with Crippen molar-refractivity contribution in [3.05, 3.63) is 18.2 Å². The lowest BCUT2D eigenvalue weighted by Gasteiger charge is -2.25. The minimum absolute atomic E-state index is 0.0609. The van der Waals surface area contributed by atoms with E-state index in [0.717, 1.165) is 44.3 Å². The summed E-state index contributed by atoms with van der Waals surface area (Å²) in [6.07, 6.45) is 7.56. The van der Waals surface area contributed by atoms with Crippen molar-refractivity contribution in [2.45, 2.75) is 62.8 Å². The van der Waals surface area contributed by atoms with Gasteiger partial charge in [-0.15, -0.1) is 5.10 Å². The molecular weight excluding hydrogens is 428 g/mol. The topological polar surface area (TPSA) is 100 Å². The van der Waals surface area contributed by atoms with Crippen molar-refractivity contribution in [1.82, 2.24) is 29.5 Å². The Morgan fingerprint density at radius 2 is 1.72 bits per heavy atom. The summed E-state index contributed by atoms with van der Waals surface area (Å²) in [6.45, 7) is 5.87. The number of sulfonamides is 1. The van der Waals surface area contributed by atoms with Crippen LogP contribution in [-0.4, -0.2) is 77.8 Å². The molecule has 0 bridgehead atoms. The molecule has 1 amide bonds. The third-order valence-electron chi connectivity index (χ3n) is 6.38. The van der Waals surface area contributed by atoms with E-state index in [2.05, 4.69) is 20.5 Å². The average Bonchev–Trinajstić information content (AvgIpc) is 3.47. The molecule has 0 aliphatic carbocycles. The van der Waals surface area contributed by atoms with Crippen LogP contribution in [0.1, 0.15) is 51.4 Å². The highest BCUT2D eigenvalue weighted by Crippen LogP contribution is 2.23. The van der Waals surface area contributed by atoms with Gasteiger partial charge < -0.3 is 10.2 Å². The molecule has 3 heterocycles. The zero-order chi connectivity index (χ0) is 22.4. The molecule has 0 atom stereocenters. The van der Waals surface area contributed by atoms with Gasteiger partial charge in [0.05, 0.1) is 10.4 Å². The van der Waals surface area contributed by atoms with E-state index in [1.807, 2.05) is 0 Å². The van der Waals surface area contributed by atoms with E-state index < -0.39 is 10.0 Å². The Bertz CT molecular complexity index is 1010. The highest BCUT2D eigenvalue weighted by molar-refractivity contribution is 7.89. The summed E-state index contributed by atoms with van der Waals surface area (Å²) >= 11 is 0. The minimum atomic E-state index is -3.49. The van der Waals surface area contributed by atoms with Gasteiger partial charge in [-0.05, 0) is 76.4 Å². The number of amides is 1. The Morgan fingerprint density at radius 3 is 2.50 bits per heavy atom. The van der Waals surface area contributed by atoms with Crippen molar-refractivity contribution in [3.8, 4) is 0 Å². The number of aryl methyl sites for hydroxylation is 1. The first-order chi connectivity index (χ1) is 15.5. The Labute approximate surface area is 190 Å². The molecule has 2 aliphatic rings. The van der Waals surface area contributed by atoms with Gasteiger partial charge in [0.2, 0.25) is 15.9 Å². The van der Waals surface area contributed by atoms with Gasteiger partial charge in [0.25, 0.3) is 0 Å². The molecule has 32 heavy (non-hydrogen) atoms. The highest BCUT2D eigenvalue weighted by atomic mass is 32.2. The van der Waals surface area contributed by atoms with Crippen LogP contribution in [0.3, 0.4) is 0 Å². The third kappa shape index (κ3) is 5.65. The molecule has 10 heteroatoms. The normalized spacial score (nSPS) is 18.4. The molecule has 2 saturated heterocycles. The van der Waals surface area contributed by atoms with E-state index in [1.54, 1.807) is 27.2 Å². The van der Waals surface area contributed by atoms with Crippen LogP contribution in [0.4, 0.5) is 0 Å². The van der Waals surface area contributed by atoms with Gasteiger partial charge in [-0.25, -0.2) is 13.1 Å². The second kappa shape index (κ2) is 10.7. The molecule has 176 valence electrons. The van der Waals surface area contributed by atoms with Gasteiger partial charge in [-0.2, -0.15) is 4.31 Å². The van der Waals surface area contributed by atoms with Gasteiger partial charge in [0, 0.05) is 32.6 Å². The van der Waals surface area contributed by atoms with Crippen molar-refractivity contribution in [3.63, 3.8) is 0 Å². The fourth-order valence-corrected chi connectivity index (χ4v) is 6.08. The number of nitrogens with zero attached hydrogens (tertiary/aromatic N) is 5. The number of likely N-dealkylation sites (tertiary alicyclic amines) is 1. The molecule has 2 aromatic rings. The fourth-order valence-electron chi connectivity index (χ4n) is 4.55. The molecule has 2 aliphatic heterocycles. The van der Waals surface area contributed by atoms with E-state index in [9.17, 15) is 13.2 Å². The number of hydrogen-bond donors (Lipinski definition) is 1. The SMILES string of the molecule is O=C(CCCn1nnc2cc(S(=O)(=O)N3CCCCC3)ccc21)NCCCN1CCCC1. The molecule has 0 unspecified atom stereocenters. The van der Waals surface area contributed by atoms with Crippen molar-refractivity contribution in [2.24, 2.45) is 0 Å². The summed E-state index contributed by atoms with van der Waals surface area (Å²) in [5, 5.41) is 11.3. The van der Waals surface area contributed by atoms with E-state index in [-0.39, 0.29) is 10.8 Å². The Morgan fingerprint density at radius 1 is 0.969 bits per heavy atom. The number of carbonyl (C=O) groups excluding carboxylic acids is 1. The van der Waals surface area contributed by atoms with Gasteiger partial charge in [-0.1, -0.05) is 11.6 Å². The maximum absolute atomic E-state index is 12.9. The molecule has 4 rings (SSSR count). The lowest BCUT2D eigenvalue weighted by molar-refractivity contribution is -0.121. The lowest BCUT2D eigenvalue weighted by atomic mass is 10.2. The molecule has 0 saturated carbocycles. The first-order valence-electron chi connectivity index (χ1n) is 11.9. The first kappa shape index (κ1) is 23.1. The number of carbonyl (C=O) groups is 1. The zero-order valence-corrected chi connectivity index (χ0v) is 19.5. The molecule has 2 fully saturated rings. The standard InChI is InChI=1S/C22H34N6O3S/c29-22(23-11-7-14-26-12-4-5-13-26)8-6-17-28-21-10-9-19(18-20(21)24-25-28)32(30,31)27-15-2-1-3-16-27/h9-10,18H,1-8,11-17H2,(H,23,29). The van der Waals surface area contributed by atoms with Gasteiger partial charge in [-0.3, -0.25) is 4.79 Å². The Kier molecular flexibility index (Phi) is 7.75. The van der Waals surface area contributed by atoms with Crippen molar-refractivity contribution >= 4 is 27.0 Å². The third-order valence-corrected chi connectivity index (χ3v) is 8.28. The van der Waals surface area contributed by atoms with Crippen molar-refractivity contribution in [1.29, 1.82) is 0 Å². The maximum atomic E-state index is 12.9. The van der Waals surface area contributed by atoms with Crippen LogP contribution >= 0.6 is 0 Å². The van der Waals surface area contributed by atoms with Crippen molar-refractivity contribution < 1.29 is 13.2 Å². The summed E-state index contributed by atoms with van der Waals surface area (Å²) in [5.41, 5.74) is 1.35. The van der Waals surface area contributed by atoms with Gasteiger partial charge >= 0.3 is 0 Å². The van der Waals surface area contributed by atoms with E-state index in [1.165, 1.54) is 25.9 Å². The van der Waals surface area contributed by atoms with E-state index in [0.29, 0.717) is 38.0 Å². The highest BCUT2D eigenvalue weighted by Gasteiger charge is 2.26. The number of rotatable bonds is 10. The number of aromatic nitrogens is 3. The number of fused-ring (bicyclic) bond motifs is 1. The van der Waals surface area contributed by atoms with E-state index >= 15 is 0 Å². The smallest absolute Gasteiger partial charge is 0.243 e. The van der Waals surface area contributed by atoms with Crippen LogP contribution < -0.4 is 5.32 Å². The number of hydrogen-bond acceptors (Lipinski definition) is 6. The summed E-state index contributed by atoms with van der Waals surface area (Å²) < 4.78 is 29.1. The largest absolute Gasteiger partial charge is 0.356 e. The second-order valence-electron chi connectivity index (χ2n) is 8.78. The van der Waals surface area contributed by atoms with E-state index in [4.69, 9.17) is 0 Å². The molecule has 0 spiro atoms. The first-order valence-corrected chi connectivity index (χ1v) is 13.3. The summed E-state index contributed by atoms with van der Waals surface area (Å²) in [4.78, 5) is 14.8. The Balaban J connectivity index is 1.25. The minimum Gasteiger partial charge on any atom is -0.356 e. The number of piperidine rings is 1. The average molecular weight is 463 g/mol. The van der Waals surface area contributed by atoms with Crippen LogP contribution in [0.25, 0.3) is 11.0 Å². The van der Waals surface area contributed by atoms with Crippen LogP contribution in [0, 0.1) is 0 Å². The lowest BCUT2D eigenvalue weighted by Crippen LogP contribution is -2.35. The molecule has 1 aromatic carbocycles. The van der Waals surface area contributed by atoms with Crippen LogP contribution in [0.15, 0.2) is 23.1 Å². The molecule has 9 nitrogen and oxygen atoms in total. The zero-order valence-electron chi connectivity index (χ0n) is 18.7. The van der Waals surface area contributed by atoms with Crippen LogP contribution in [-0.2, 0) is 21.4 Å². The van der Waals surface area contributed by atoms with Crippen molar-refractivity contribution in [2.75, 3.05) is 39.3 Å². The second-order valence-corrected chi connectivity index (χ2v) is 10.7. The van der Waals surface area contributed by atoms with Gasteiger partial charge in [0.1, 0.15) is 5.52 Å². The maximum Gasteiger partial charge on any atom is 0.243 e. The molecule has 1 aromatic heterocycles. The monoisotopic (exact) mass is 462 g/mol.